The van der Waals surface area contributed by atoms with Gasteiger partial charge in [-0.25, -0.2) is 0 Å². The molecule has 1 aliphatic carbocycles. The average Bonchev–Trinajstić information content (AvgIpc) is 2.23. The van der Waals surface area contributed by atoms with Crippen molar-refractivity contribution in [3.63, 3.8) is 0 Å². The van der Waals surface area contributed by atoms with Gasteiger partial charge in [0.2, 0.25) is 0 Å². The van der Waals surface area contributed by atoms with Crippen molar-refractivity contribution in [2.75, 3.05) is 0 Å². The van der Waals surface area contributed by atoms with Crippen molar-refractivity contribution in [3.8, 4) is 0 Å². The predicted molar refractivity (Wildman–Crippen MR) is 55.2 cm³/mol. The van der Waals surface area contributed by atoms with Crippen LogP contribution in [0.1, 0.15) is 52.9 Å². The highest BCUT2D eigenvalue weighted by Crippen LogP contribution is 2.48. The summed E-state index contributed by atoms with van der Waals surface area (Å²) in [6.07, 6.45) is 5.07. The van der Waals surface area contributed by atoms with Gasteiger partial charge < -0.3 is 4.74 Å². The lowest BCUT2D eigenvalue weighted by atomic mass is 9.75. The molecule has 1 aliphatic heterocycles. The Kier molecular flexibility index (Phi) is 2.22. The van der Waals surface area contributed by atoms with E-state index in [2.05, 4.69) is 20.8 Å². The molecule has 0 aromatic carbocycles. The Morgan fingerprint density at radius 1 is 1.29 bits per heavy atom. The second kappa shape index (κ2) is 3.06. The molecule has 0 amide bonds. The molecule has 0 aromatic heterocycles. The van der Waals surface area contributed by atoms with E-state index in [-0.39, 0.29) is 17.1 Å². The van der Waals surface area contributed by atoms with Crippen molar-refractivity contribution < 1.29 is 9.53 Å². The van der Waals surface area contributed by atoms with E-state index in [1.807, 2.05) is 0 Å². The predicted octanol–water partition coefficient (Wildman–Crippen LogP) is 2.70. The van der Waals surface area contributed by atoms with Crippen LogP contribution in [-0.4, -0.2) is 17.5 Å². The van der Waals surface area contributed by atoms with Crippen LogP contribution >= 0.6 is 0 Å². The second-order valence-corrected chi connectivity index (χ2v) is 5.63. The normalized spacial score (nSPS) is 41.9. The molecule has 2 fully saturated rings. The van der Waals surface area contributed by atoms with Crippen LogP contribution in [0.25, 0.3) is 0 Å². The van der Waals surface area contributed by atoms with Crippen molar-refractivity contribution >= 4 is 5.78 Å². The summed E-state index contributed by atoms with van der Waals surface area (Å²) >= 11 is 0. The number of hydrogen-bond acceptors (Lipinski definition) is 2. The third-order valence-corrected chi connectivity index (χ3v) is 3.72. The van der Waals surface area contributed by atoms with Gasteiger partial charge in [0.1, 0.15) is 5.78 Å². The molecule has 0 spiro atoms. The van der Waals surface area contributed by atoms with Crippen LogP contribution in [0, 0.1) is 5.41 Å². The minimum Gasteiger partial charge on any atom is -0.371 e. The highest BCUT2D eigenvalue weighted by atomic mass is 16.5. The Bertz CT molecular complexity index is 257. The molecule has 2 heteroatoms. The number of ether oxygens (including phenoxy) is 1. The van der Waals surface area contributed by atoms with Crippen LogP contribution in [0.4, 0.5) is 0 Å². The van der Waals surface area contributed by atoms with Gasteiger partial charge in [0.05, 0.1) is 17.1 Å². The van der Waals surface area contributed by atoms with E-state index < -0.39 is 0 Å². The van der Waals surface area contributed by atoms with Crippen LogP contribution < -0.4 is 0 Å². The lowest BCUT2D eigenvalue weighted by molar-refractivity contribution is -0.130. The number of carbonyl (C=O) groups excluding carboxylic acids is 1. The molecule has 0 unspecified atom stereocenters. The summed E-state index contributed by atoms with van der Waals surface area (Å²) < 4.78 is 5.99. The van der Waals surface area contributed by atoms with Gasteiger partial charge in [-0.3, -0.25) is 4.79 Å². The van der Waals surface area contributed by atoms with Crippen molar-refractivity contribution in [2.45, 2.75) is 64.6 Å². The summed E-state index contributed by atoms with van der Waals surface area (Å²) in [4.78, 5) is 12.0. The Morgan fingerprint density at radius 2 is 2.00 bits per heavy atom. The maximum atomic E-state index is 12.0. The molecule has 0 aromatic rings. The molecule has 2 atom stereocenters. The van der Waals surface area contributed by atoms with Crippen LogP contribution in [0.2, 0.25) is 0 Å². The van der Waals surface area contributed by atoms with E-state index in [9.17, 15) is 4.79 Å². The zero-order valence-electron chi connectivity index (χ0n) is 9.43. The molecule has 2 nitrogen and oxygen atoms in total. The maximum Gasteiger partial charge on any atom is 0.141 e. The highest BCUT2D eigenvalue weighted by Gasteiger charge is 2.53. The van der Waals surface area contributed by atoms with Crippen LogP contribution in [0.15, 0.2) is 0 Å². The quantitative estimate of drug-likeness (QED) is 0.595. The van der Waals surface area contributed by atoms with Gasteiger partial charge in [-0.1, -0.05) is 13.3 Å². The Balaban J connectivity index is 2.28. The van der Waals surface area contributed by atoms with Crippen molar-refractivity contribution in [2.24, 2.45) is 5.41 Å². The van der Waals surface area contributed by atoms with Gasteiger partial charge in [-0.15, -0.1) is 0 Å². The maximum absolute atomic E-state index is 12.0. The molecule has 2 rings (SSSR count). The van der Waals surface area contributed by atoms with Gasteiger partial charge in [-0.2, -0.15) is 0 Å². The van der Waals surface area contributed by atoms with Gasteiger partial charge in [0, 0.05) is 6.42 Å². The number of carbonyl (C=O) groups is 1. The lowest BCUT2D eigenvalue weighted by Crippen LogP contribution is -2.34. The van der Waals surface area contributed by atoms with Gasteiger partial charge in [0.25, 0.3) is 0 Å². The Labute approximate surface area is 86.0 Å². The average molecular weight is 196 g/mol. The molecular formula is C12H20O2. The van der Waals surface area contributed by atoms with E-state index in [1.165, 1.54) is 0 Å². The molecule has 0 bridgehead atoms. The van der Waals surface area contributed by atoms with Crippen LogP contribution in [0.5, 0.6) is 0 Å². The monoisotopic (exact) mass is 196 g/mol. The summed E-state index contributed by atoms with van der Waals surface area (Å²) in [5, 5.41) is 0. The summed E-state index contributed by atoms with van der Waals surface area (Å²) in [5.41, 5.74) is -0.299. The zero-order valence-corrected chi connectivity index (χ0v) is 9.43. The fourth-order valence-electron chi connectivity index (χ4n) is 3.11. The molecule has 1 saturated carbocycles. The number of hydrogen-bond donors (Lipinski definition) is 0. The fraction of sp³-hybridized carbons (Fsp3) is 0.917. The summed E-state index contributed by atoms with van der Waals surface area (Å²) in [5.74, 6) is 0.422. The summed E-state index contributed by atoms with van der Waals surface area (Å²) in [6, 6.07) is 0. The van der Waals surface area contributed by atoms with E-state index in [0.29, 0.717) is 5.78 Å². The summed E-state index contributed by atoms with van der Waals surface area (Å²) in [6.45, 7) is 6.29. The number of fused-ring (bicyclic) bond motifs is 1. The standard InChI is InChI=1S/C12H20O2/c1-11(2)8-12(3)9(13)6-4-5-7-10(12)14-11/h10H,4-8H2,1-3H3/t10-,12+/m1/s1. The molecule has 0 N–H and O–H groups in total. The fourth-order valence-corrected chi connectivity index (χ4v) is 3.11. The first-order chi connectivity index (χ1) is 6.44. The highest BCUT2D eigenvalue weighted by molar-refractivity contribution is 5.85. The van der Waals surface area contributed by atoms with E-state index in [1.54, 1.807) is 0 Å². The molecule has 1 heterocycles. The molecule has 80 valence electrons. The SMILES string of the molecule is CC1(C)C[C@@]2(C)C(=O)CCCC[C@H]2O1. The van der Waals surface area contributed by atoms with Gasteiger partial charge >= 0.3 is 0 Å². The van der Waals surface area contributed by atoms with Crippen molar-refractivity contribution in [1.29, 1.82) is 0 Å². The second-order valence-electron chi connectivity index (χ2n) is 5.63. The minimum absolute atomic E-state index is 0.105. The van der Waals surface area contributed by atoms with E-state index >= 15 is 0 Å². The first kappa shape index (κ1) is 10.2. The Morgan fingerprint density at radius 3 is 2.71 bits per heavy atom. The number of Topliss-reactive ketones (excluding diaryl/α,β-unsaturated/α-hetero) is 1. The zero-order chi connectivity index (χ0) is 10.4. The smallest absolute Gasteiger partial charge is 0.141 e. The first-order valence-electron chi connectivity index (χ1n) is 5.65. The lowest BCUT2D eigenvalue weighted by Gasteiger charge is -2.25. The molecule has 1 saturated heterocycles. The van der Waals surface area contributed by atoms with Crippen LogP contribution in [0.3, 0.4) is 0 Å². The molecule has 0 radical (unpaired) electrons. The molecular weight excluding hydrogens is 176 g/mol. The van der Waals surface area contributed by atoms with Gasteiger partial charge in [-0.05, 0) is 33.1 Å². The molecule has 14 heavy (non-hydrogen) atoms. The third kappa shape index (κ3) is 1.50. The minimum atomic E-state index is -0.194. The van der Waals surface area contributed by atoms with Gasteiger partial charge in [0.15, 0.2) is 0 Å². The van der Waals surface area contributed by atoms with Crippen molar-refractivity contribution in [1.82, 2.24) is 0 Å². The Hall–Kier alpha value is -0.370. The van der Waals surface area contributed by atoms with E-state index in [4.69, 9.17) is 4.74 Å². The van der Waals surface area contributed by atoms with E-state index in [0.717, 1.165) is 32.1 Å². The number of ketones is 1. The first-order valence-corrected chi connectivity index (χ1v) is 5.65. The van der Waals surface area contributed by atoms with Crippen LogP contribution in [-0.2, 0) is 9.53 Å². The topological polar surface area (TPSA) is 26.3 Å². The largest absolute Gasteiger partial charge is 0.371 e. The van der Waals surface area contributed by atoms with Crippen molar-refractivity contribution in [3.05, 3.63) is 0 Å². The molecule has 2 aliphatic rings. The number of rotatable bonds is 0. The third-order valence-electron chi connectivity index (χ3n) is 3.72. The summed E-state index contributed by atoms with van der Waals surface area (Å²) in [7, 11) is 0.